The number of likely N-dealkylation sites (tertiary alicyclic amines) is 1. The number of likely N-dealkylation sites (N-methyl/N-ethyl adjacent to an activating group) is 1. The van der Waals surface area contributed by atoms with E-state index in [1.807, 2.05) is 7.05 Å². The zero-order valence-electron chi connectivity index (χ0n) is 10.9. The lowest BCUT2D eigenvalue weighted by atomic mass is 10.1. The number of hydrogen-bond donors (Lipinski definition) is 1. The molecule has 1 amide bonds. The molecule has 3 rings (SSSR count). The van der Waals surface area contributed by atoms with Crippen molar-refractivity contribution < 1.29 is 18.3 Å². The maximum atomic E-state index is 13.1. The number of amides is 1. The van der Waals surface area contributed by atoms with Gasteiger partial charge in [0, 0.05) is 26.1 Å². The Hall–Kier alpha value is -0.790. The van der Waals surface area contributed by atoms with Gasteiger partial charge >= 0.3 is 0 Å². The van der Waals surface area contributed by atoms with Gasteiger partial charge in [0.05, 0.1) is 31.3 Å². The highest BCUT2D eigenvalue weighted by Gasteiger charge is 2.47. The van der Waals surface area contributed by atoms with E-state index in [-0.39, 0.29) is 18.1 Å². The number of halogens is 2. The molecule has 3 atom stereocenters. The molecule has 7 heteroatoms. The van der Waals surface area contributed by atoms with Gasteiger partial charge in [-0.15, -0.1) is 0 Å². The fourth-order valence-electron chi connectivity index (χ4n) is 3.15. The molecule has 3 aliphatic heterocycles. The van der Waals surface area contributed by atoms with Gasteiger partial charge < -0.3 is 9.64 Å². The first-order valence-electron chi connectivity index (χ1n) is 6.68. The van der Waals surface area contributed by atoms with Crippen LogP contribution in [0.2, 0.25) is 0 Å². The molecular weight excluding hydrogens is 256 g/mol. The van der Waals surface area contributed by atoms with Gasteiger partial charge in [0.1, 0.15) is 0 Å². The Labute approximate surface area is 110 Å². The minimum absolute atomic E-state index is 0.0182. The summed E-state index contributed by atoms with van der Waals surface area (Å²) in [5.74, 6) is -2.98. The van der Waals surface area contributed by atoms with E-state index in [1.165, 1.54) is 0 Å². The molecular formula is C12H19F2N3O2. The summed E-state index contributed by atoms with van der Waals surface area (Å²) in [5.41, 5.74) is 0. The molecule has 108 valence electrons. The first-order valence-corrected chi connectivity index (χ1v) is 6.68. The smallest absolute Gasteiger partial charge is 0.262 e. The number of hydrogen-bond acceptors (Lipinski definition) is 4. The minimum Gasteiger partial charge on any atom is -0.373 e. The first-order chi connectivity index (χ1) is 8.96. The lowest BCUT2D eigenvalue weighted by molar-refractivity contribution is -0.133. The third-order valence-corrected chi connectivity index (χ3v) is 4.30. The van der Waals surface area contributed by atoms with Gasteiger partial charge in [0.2, 0.25) is 5.91 Å². The van der Waals surface area contributed by atoms with Crippen molar-refractivity contribution in [2.75, 3.05) is 39.8 Å². The van der Waals surface area contributed by atoms with Crippen molar-refractivity contribution in [3.8, 4) is 0 Å². The normalized spacial score (nSPS) is 38.5. The van der Waals surface area contributed by atoms with Crippen molar-refractivity contribution in [2.45, 2.75) is 30.5 Å². The SMILES string of the molecule is CN1CCOC2CN(C(=O)C3CC(F)(F)CN3)CC21. The lowest BCUT2D eigenvalue weighted by Crippen LogP contribution is -2.48. The molecule has 3 heterocycles. The van der Waals surface area contributed by atoms with Crippen LogP contribution in [-0.4, -0.2) is 79.7 Å². The second-order valence-corrected chi connectivity index (χ2v) is 5.69. The molecule has 0 radical (unpaired) electrons. The first kappa shape index (κ1) is 13.2. The van der Waals surface area contributed by atoms with Crippen LogP contribution in [0.5, 0.6) is 0 Å². The van der Waals surface area contributed by atoms with E-state index in [2.05, 4.69) is 10.2 Å². The van der Waals surface area contributed by atoms with E-state index in [0.717, 1.165) is 6.54 Å². The largest absolute Gasteiger partial charge is 0.373 e. The van der Waals surface area contributed by atoms with Gasteiger partial charge in [-0.2, -0.15) is 0 Å². The van der Waals surface area contributed by atoms with Crippen molar-refractivity contribution in [3.63, 3.8) is 0 Å². The highest BCUT2D eigenvalue weighted by Crippen LogP contribution is 2.28. The number of ether oxygens (including phenoxy) is 1. The molecule has 3 unspecified atom stereocenters. The van der Waals surface area contributed by atoms with Crippen LogP contribution in [0.4, 0.5) is 8.78 Å². The van der Waals surface area contributed by atoms with Crippen molar-refractivity contribution in [1.82, 2.24) is 15.1 Å². The molecule has 0 spiro atoms. The van der Waals surface area contributed by atoms with E-state index in [1.54, 1.807) is 4.90 Å². The maximum Gasteiger partial charge on any atom is 0.262 e. The van der Waals surface area contributed by atoms with E-state index in [4.69, 9.17) is 4.74 Å². The van der Waals surface area contributed by atoms with Gasteiger partial charge in [-0.05, 0) is 7.05 Å². The van der Waals surface area contributed by atoms with Crippen LogP contribution in [0.15, 0.2) is 0 Å². The molecule has 0 aromatic rings. The summed E-state index contributed by atoms with van der Waals surface area (Å²) in [6.07, 6.45) is -0.376. The maximum absolute atomic E-state index is 13.1. The van der Waals surface area contributed by atoms with Crippen molar-refractivity contribution in [1.29, 1.82) is 0 Å². The van der Waals surface area contributed by atoms with Crippen LogP contribution in [0.1, 0.15) is 6.42 Å². The van der Waals surface area contributed by atoms with Crippen LogP contribution >= 0.6 is 0 Å². The topological polar surface area (TPSA) is 44.8 Å². The quantitative estimate of drug-likeness (QED) is 0.702. The van der Waals surface area contributed by atoms with Gasteiger partial charge in [0.15, 0.2) is 0 Å². The number of alkyl halides is 2. The van der Waals surface area contributed by atoms with Crippen molar-refractivity contribution in [2.24, 2.45) is 0 Å². The van der Waals surface area contributed by atoms with E-state index in [9.17, 15) is 13.6 Å². The van der Waals surface area contributed by atoms with Crippen LogP contribution in [0.25, 0.3) is 0 Å². The predicted molar refractivity (Wildman–Crippen MR) is 64.1 cm³/mol. The Balaban J connectivity index is 1.63. The fourth-order valence-corrected chi connectivity index (χ4v) is 3.15. The van der Waals surface area contributed by atoms with Gasteiger partial charge in [-0.3, -0.25) is 15.0 Å². The molecule has 0 aromatic heterocycles. The Morgan fingerprint density at radius 1 is 1.42 bits per heavy atom. The van der Waals surface area contributed by atoms with Gasteiger partial charge in [-0.1, -0.05) is 0 Å². The average molecular weight is 275 g/mol. The zero-order chi connectivity index (χ0) is 13.6. The van der Waals surface area contributed by atoms with Crippen LogP contribution in [0, 0.1) is 0 Å². The third-order valence-electron chi connectivity index (χ3n) is 4.30. The van der Waals surface area contributed by atoms with Crippen molar-refractivity contribution in [3.05, 3.63) is 0 Å². The Morgan fingerprint density at radius 2 is 2.21 bits per heavy atom. The monoisotopic (exact) mass is 275 g/mol. The average Bonchev–Trinajstić information content (AvgIpc) is 2.92. The molecule has 0 saturated carbocycles. The highest BCUT2D eigenvalue weighted by molar-refractivity contribution is 5.82. The third kappa shape index (κ3) is 2.46. The summed E-state index contributed by atoms with van der Waals surface area (Å²) in [7, 11) is 2.01. The number of carbonyl (C=O) groups is 1. The second kappa shape index (κ2) is 4.64. The van der Waals surface area contributed by atoms with Crippen LogP contribution in [-0.2, 0) is 9.53 Å². The molecule has 3 fully saturated rings. The van der Waals surface area contributed by atoms with Gasteiger partial charge in [0.25, 0.3) is 5.92 Å². The zero-order valence-corrected chi connectivity index (χ0v) is 10.9. The van der Waals surface area contributed by atoms with Gasteiger partial charge in [-0.25, -0.2) is 8.78 Å². The number of rotatable bonds is 1. The molecule has 5 nitrogen and oxygen atoms in total. The fraction of sp³-hybridized carbons (Fsp3) is 0.917. The lowest BCUT2D eigenvalue weighted by Gasteiger charge is -2.33. The second-order valence-electron chi connectivity index (χ2n) is 5.69. The van der Waals surface area contributed by atoms with Crippen molar-refractivity contribution >= 4 is 5.91 Å². The number of carbonyl (C=O) groups excluding carboxylic acids is 1. The summed E-state index contributed by atoms with van der Waals surface area (Å²) in [5, 5.41) is 2.62. The summed E-state index contributed by atoms with van der Waals surface area (Å²) in [6, 6.07) is -0.555. The number of morpholine rings is 1. The van der Waals surface area contributed by atoms with E-state index < -0.39 is 24.9 Å². The summed E-state index contributed by atoms with van der Waals surface area (Å²) < 4.78 is 31.9. The molecule has 3 aliphatic rings. The molecule has 1 N–H and O–H groups in total. The van der Waals surface area contributed by atoms with Crippen LogP contribution in [0.3, 0.4) is 0 Å². The predicted octanol–water partition coefficient (Wildman–Crippen LogP) is -0.475. The molecule has 19 heavy (non-hydrogen) atoms. The summed E-state index contributed by atoms with van der Waals surface area (Å²) in [4.78, 5) is 16.1. The molecule has 0 aliphatic carbocycles. The number of nitrogens with zero attached hydrogens (tertiary/aromatic N) is 2. The Bertz CT molecular complexity index is 380. The number of nitrogens with one attached hydrogen (secondary N) is 1. The standard InChI is InChI=1S/C12H19F2N3O2/c1-16-2-3-19-10-6-17(5-9(10)16)11(18)8-4-12(13,14)7-15-8/h8-10,15H,2-7H2,1H3. The Kier molecular flexibility index (Phi) is 3.23. The van der Waals surface area contributed by atoms with Crippen LogP contribution < -0.4 is 5.32 Å². The molecule has 0 aromatic carbocycles. The minimum atomic E-state index is -2.76. The van der Waals surface area contributed by atoms with E-state index in [0.29, 0.717) is 19.7 Å². The van der Waals surface area contributed by atoms with E-state index >= 15 is 0 Å². The summed E-state index contributed by atoms with van der Waals surface area (Å²) >= 11 is 0. The summed E-state index contributed by atoms with van der Waals surface area (Å²) in [6.45, 7) is 2.20. The number of fused-ring (bicyclic) bond motifs is 1. The Morgan fingerprint density at radius 3 is 2.84 bits per heavy atom. The molecule has 3 saturated heterocycles. The highest BCUT2D eigenvalue weighted by atomic mass is 19.3. The molecule has 0 bridgehead atoms.